The number of imidazole rings is 1. The number of nitrogens with one attached hydrogen (secondary N) is 1. The molecule has 2 aromatic carbocycles. The van der Waals surface area contributed by atoms with Crippen molar-refractivity contribution in [3.63, 3.8) is 0 Å². The molecule has 0 radical (unpaired) electrons. The quantitative estimate of drug-likeness (QED) is 0.392. The van der Waals surface area contributed by atoms with E-state index < -0.39 is 11.9 Å². The lowest BCUT2D eigenvalue weighted by atomic mass is 10.0. The lowest BCUT2D eigenvalue weighted by Crippen LogP contribution is -2.15. The zero-order valence-electron chi connectivity index (χ0n) is 17.0. The highest BCUT2D eigenvalue weighted by Crippen LogP contribution is 2.30. The molecule has 4 aromatic rings. The molecule has 4 rings (SSSR count). The molecule has 1 N–H and O–H groups in total. The normalized spacial score (nSPS) is 10.8. The van der Waals surface area contributed by atoms with Gasteiger partial charge in [-0.2, -0.15) is 0 Å². The number of hydrogen-bond acceptors (Lipinski definition) is 5. The maximum atomic E-state index is 12.9. The Kier molecular flexibility index (Phi) is 6.39. The first kappa shape index (κ1) is 21.8. The number of carbonyl (C=O) groups excluding carboxylic acids is 2. The van der Waals surface area contributed by atoms with E-state index in [4.69, 9.17) is 27.9 Å². The van der Waals surface area contributed by atoms with Crippen LogP contribution >= 0.6 is 23.2 Å². The number of para-hydroxylation sites is 1. The van der Waals surface area contributed by atoms with E-state index in [1.54, 1.807) is 56.0 Å². The van der Waals surface area contributed by atoms with Crippen molar-refractivity contribution in [1.29, 1.82) is 0 Å². The van der Waals surface area contributed by atoms with Gasteiger partial charge in [-0.25, -0.2) is 9.78 Å². The van der Waals surface area contributed by atoms with Gasteiger partial charge in [0, 0.05) is 24.0 Å². The fourth-order valence-electron chi connectivity index (χ4n) is 3.40. The van der Waals surface area contributed by atoms with Crippen LogP contribution in [0, 0.1) is 0 Å². The Morgan fingerprint density at radius 3 is 2.56 bits per heavy atom. The molecule has 0 fully saturated rings. The maximum Gasteiger partial charge on any atom is 0.340 e. The number of hydrogen-bond donors (Lipinski definition) is 1. The van der Waals surface area contributed by atoms with E-state index in [0.29, 0.717) is 34.3 Å². The second kappa shape index (κ2) is 9.38. The number of anilines is 1. The fraction of sp³-hybridized carbons (Fsp3) is 0.130. The maximum absolute atomic E-state index is 12.9. The van der Waals surface area contributed by atoms with Crippen molar-refractivity contribution in [2.45, 2.75) is 13.5 Å². The highest BCUT2D eigenvalue weighted by molar-refractivity contribution is 6.40. The molecule has 2 heterocycles. The van der Waals surface area contributed by atoms with Crippen molar-refractivity contribution < 1.29 is 14.3 Å². The third-order valence-corrected chi connectivity index (χ3v) is 5.47. The number of nitrogens with zero attached hydrogens (tertiary/aromatic N) is 3. The molecule has 2 aromatic heterocycles. The summed E-state index contributed by atoms with van der Waals surface area (Å²) in [6.45, 7) is 2.37. The smallest absolute Gasteiger partial charge is 0.340 e. The van der Waals surface area contributed by atoms with E-state index in [9.17, 15) is 9.59 Å². The minimum Gasteiger partial charge on any atom is -0.462 e. The van der Waals surface area contributed by atoms with Crippen molar-refractivity contribution >= 4 is 51.7 Å². The van der Waals surface area contributed by atoms with Crippen LogP contribution in [0.2, 0.25) is 10.0 Å². The summed E-state index contributed by atoms with van der Waals surface area (Å²) in [5.41, 5.74) is 2.22. The second-order valence-electron chi connectivity index (χ2n) is 6.86. The molecule has 32 heavy (non-hydrogen) atoms. The lowest BCUT2D eigenvalue weighted by molar-refractivity contribution is 0.0524. The first-order valence-corrected chi connectivity index (χ1v) is 10.5. The van der Waals surface area contributed by atoms with Crippen LogP contribution in [0.15, 0.2) is 61.3 Å². The summed E-state index contributed by atoms with van der Waals surface area (Å²) in [6.07, 6.45) is 6.58. The lowest BCUT2D eigenvalue weighted by Gasteiger charge is -2.15. The number of rotatable bonds is 6. The van der Waals surface area contributed by atoms with E-state index in [1.165, 1.54) is 6.20 Å². The van der Waals surface area contributed by atoms with Crippen LogP contribution in [0.25, 0.3) is 10.9 Å². The average Bonchev–Trinajstić information content (AvgIpc) is 3.27. The Hall–Kier alpha value is -3.42. The van der Waals surface area contributed by atoms with Gasteiger partial charge in [0.2, 0.25) is 0 Å². The van der Waals surface area contributed by atoms with Crippen LogP contribution in [-0.4, -0.2) is 33.0 Å². The third-order valence-electron chi connectivity index (χ3n) is 4.84. The minimum absolute atomic E-state index is 0.176. The van der Waals surface area contributed by atoms with E-state index in [-0.39, 0.29) is 22.2 Å². The zero-order chi connectivity index (χ0) is 22.7. The first-order valence-electron chi connectivity index (χ1n) is 9.78. The van der Waals surface area contributed by atoms with Crippen molar-refractivity contribution in [3.05, 3.63) is 88.1 Å². The number of fused-ring (bicyclic) bond motifs is 1. The molecule has 0 bridgehead atoms. The van der Waals surface area contributed by atoms with Gasteiger partial charge in [0.1, 0.15) is 0 Å². The largest absolute Gasteiger partial charge is 0.462 e. The van der Waals surface area contributed by atoms with Crippen molar-refractivity contribution in [2.24, 2.45) is 0 Å². The van der Waals surface area contributed by atoms with Gasteiger partial charge in [0.25, 0.3) is 5.91 Å². The summed E-state index contributed by atoms with van der Waals surface area (Å²) < 4.78 is 7.05. The summed E-state index contributed by atoms with van der Waals surface area (Å²) in [5, 5.41) is 4.03. The van der Waals surface area contributed by atoms with E-state index >= 15 is 0 Å². The number of pyridine rings is 1. The monoisotopic (exact) mass is 468 g/mol. The Bertz CT molecular complexity index is 1290. The van der Waals surface area contributed by atoms with Crippen LogP contribution in [0.3, 0.4) is 0 Å². The number of ether oxygens (including phenoxy) is 1. The number of esters is 1. The predicted octanol–water partition coefficient (Wildman–Crippen LogP) is 5.22. The molecule has 7 nitrogen and oxygen atoms in total. The molecule has 0 spiro atoms. The van der Waals surface area contributed by atoms with Gasteiger partial charge >= 0.3 is 5.97 Å². The van der Waals surface area contributed by atoms with Gasteiger partial charge in [-0.1, -0.05) is 41.4 Å². The number of aromatic nitrogens is 3. The van der Waals surface area contributed by atoms with Gasteiger partial charge in [0.15, 0.2) is 0 Å². The molecule has 0 unspecified atom stereocenters. The molecule has 0 saturated heterocycles. The molecule has 1 amide bonds. The van der Waals surface area contributed by atoms with Crippen LogP contribution in [0.5, 0.6) is 0 Å². The molecule has 0 aliphatic rings. The summed E-state index contributed by atoms with van der Waals surface area (Å²) in [6, 6.07) is 10.2. The average molecular weight is 469 g/mol. The highest BCUT2D eigenvalue weighted by atomic mass is 35.5. The van der Waals surface area contributed by atoms with E-state index in [1.807, 2.05) is 10.6 Å². The molecule has 0 saturated carbocycles. The summed E-state index contributed by atoms with van der Waals surface area (Å²) in [7, 11) is 0. The van der Waals surface area contributed by atoms with E-state index in [0.717, 1.165) is 0 Å². The summed E-state index contributed by atoms with van der Waals surface area (Å²) in [4.78, 5) is 34.0. The van der Waals surface area contributed by atoms with E-state index in [2.05, 4.69) is 15.3 Å². The Morgan fingerprint density at radius 1 is 1.12 bits per heavy atom. The molecular formula is C23H18Cl2N4O3. The molecular weight excluding hydrogens is 451 g/mol. The molecule has 0 atom stereocenters. The van der Waals surface area contributed by atoms with Gasteiger partial charge in [-0.3, -0.25) is 9.78 Å². The van der Waals surface area contributed by atoms with Crippen molar-refractivity contribution in [3.8, 4) is 0 Å². The third kappa shape index (κ3) is 4.30. The van der Waals surface area contributed by atoms with Gasteiger partial charge in [0.05, 0.1) is 51.9 Å². The molecule has 0 aliphatic heterocycles. The van der Waals surface area contributed by atoms with Crippen molar-refractivity contribution in [2.75, 3.05) is 11.9 Å². The van der Waals surface area contributed by atoms with Gasteiger partial charge < -0.3 is 14.6 Å². The van der Waals surface area contributed by atoms with Gasteiger partial charge in [-0.15, -0.1) is 0 Å². The summed E-state index contributed by atoms with van der Waals surface area (Å²) >= 11 is 12.4. The molecule has 9 heteroatoms. The second-order valence-corrected chi connectivity index (χ2v) is 7.67. The zero-order valence-corrected chi connectivity index (χ0v) is 18.5. The van der Waals surface area contributed by atoms with Crippen molar-refractivity contribution in [1.82, 2.24) is 14.5 Å². The number of benzene rings is 2. The highest BCUT2D eigenvalue weighted by Gasteiger charge is 2.20. The van der Waals surface area contributed by atoms with Crippen LogP contribution in [0.1, 0.15) is 33.2 Å². The minimum atomic E-state index is -0.464. The SMILES string of the molecule is CCOC(=O)c1cnc2c(NC(=O)c3c(Cl)cccc3Cl)cccc2c1Cn1ccnc1. The fourth-order valence-corrected chi connectivity index (χ4v) is 3.97. The predicted molar refractivity (Wildman–Crippen MR) is 123 cm³/mol. The number of carbonyl (C=O) groups is 2. The summed E-state index contributed by atoms with van der Waals surface area (Å²) in [5.74, 6) is -0.921. The number of amides is 1. The Balaban J connectivity index is 1.80. The Labute approximate surface area is 194 Å². The van der Waals surface area contributed by atoms with Crippen LogP contribution in [0.4, 0.5) is 5.69 Å². The standard InChI is InChI=1S/C23H18Cl2N4O3/c1-2-32-23(31)15-11-27-21-14(16(15)12-29-10-9-26-13-29)5-3-8-19(21)28-22(30)20-17(24)6-4-7-18(20)25/h3-11,13H,2,12H2,1H3,(H,28,30). The van der Waals surface area contributed by atoms with Crippen LogP contribution in [-0.2, 0) is 11.3 Å². The van der Waals surface area contributed by atoms with Gasteiger partial charge in [-0.05, 0) is 30.7 Å². The topological polar surface area (TPSA) is 86.1 Å². The Morgan fingerprint density at radius 2 is 1.88 bits per heavy atom. The molecule has 0 aliphatic carbocycles. The molecule has 162 valence electrons. The number of halogens is 2. The van der Waals surface area contributed by atoms with Crippen LogP contribution < -0.4 is 5.32 Å². The first-order chi connectivity index (χ1) is 15.5.